The van der Waals surface area contributed by atoms with E-state index in [1.165, 1.54) is 0 Å². The highest BCUT2D eigenvalue weighted by Gasteiger charge is 2.24. The van der Waals surface area contributed by atoms with E-state index < -0.39 is 26.6 Å². The van der Waals surface area contributed by atoms with Crippen LogP contribution in [0, 0.1) is 11.6 Å². The van der Waals surface area contributed by atoms with Crippen molar-refractivity contribution < 1.29 is 17.2 Å². The molecular formula is C15H15F2N3O2S. The predicted molar refractivity (Wildman–Crippen MR) is 82.9 cm³/mol. The Hall–Kier alpha value is -2.22. The Morgan fingerprint density at radius 2 is 1.87 bits per heavy atom. The first-order valence-corrected chi connectivity index (χ1v) is 8.63. The summed E-state index contributed by atoms with van der Waals surface area (Å²) in [5, 5.41) is 0. The lowest BCUT2D eigenvalue weighted by atomic mass is 10.3. The van der Waals surface area contributed by atoms with Crippen molar-refractivity contribution in [1.29, 1.82) is 0 Å². The van der Waals surface area contributed by atoms with Gasteiger partial charge in [-0.15, -0.1) is 0 Å². The van der Waals surface area contributed by atoms with Gasteiger partial charge in [0.25, 0.3) is 10.0 Å². The van der Waals surface area contributed by atoms with Gasteiger partial charge < -0.3 is 4.90 Å². The van der Waals surface area contributed by atoms with Crippen molar-refractivity contribution >= 4 is 21.5 Å². The molecule has 5 nitrogen and oxygen atoms in total. The van der Waals surface area contributed by atoms with Gasteiger partial charge in [0, 0.05) is 19.3 Å². The van der Waals surface area contributed by atoms with E-state index in [4.69, 9.17) is 0 Å². The van der Waals surface area contributed by atoms with Gasteiger partial charge >= 0.3 is 0 Å². The van der Waals surface area contributed by atoms with Crippen LogP contribution in [0.5, 0.6) is 0 Å². The maximum atomic E-state index is 13.8. The van der Waals surface area contributed by atoms with Gasteiger partial charge in [0.15, 0.2) is 5.82 Å². The minimum absolute atomic E-state index is 0.248. The number of hydrogen-bond acceptors (Lipinski definition) is 4. The van der Waals surface area contributed by atoms with Gasteiger partial charge in [0.1, 0.15) is 16.5 Å². The summed E-state index contributed by atoms with van der Waals surface area (Å²) in [5.41, 5.74) is 0.248. The van der Waals surface area contributed by atoms with Crippen LogP contribution < -0.4 is 9.62 Å². The SMILES string of the molecule is O=S(=O)(Nc1cccnc1N1CCCC1)c1cc(F)ccc1F. The van der Waals surface area contributed by atoms with E-state index in [-0.39, 0.29) is 5.69 Å². The number of nitrogens with one attached hydrogen (secondary N) is 1. The van der Waals surface area contributed by atoms with Crippen molar-refractivity contribution in [1.82, 2.24) is 4.98 Å². The fraction of sp³-hybridized carbons (Fsp3) is 0.267. The average Bonchev–Trinajstić information content (AvgIpc) is 3.04. The third-order valence-electron chi connectivity index (χ3n) is 3.62. The smallest absolute Gasteiger partial charge is 0.265 e. The summed E-state index contributed by atoms with van der Waals surface area (Å²) in [5.74, 6) is -1.34. The van der Waals surface area contributed by atoms with E-state index >= 15 is 0 Å². The lowest BCUT2D eigenvalue weighted by molar-refractivity contribution is 0.555. The summed E-state index contributed by atoms with van der Waals surface area (Å²) < 4.78 is 54.1. The molecule has 1 aromatic carbocycles. The molecule has 1 fully saturated rings. The fourth-order valence-corrected chi connectivity index (χ4v) is 3.69. The van der Waals surface area contributed by atoms with Gasteiger partial charge in [-0.3, -0.25) is 4.72 Å². The molecule has 3 rings (SSSR count). The monoisotopic (exact) mass is 339 g/mol. The zero-order valence-corrected chi connectivity index (χ0v) is 13.0. The average molecular weight is 339 g/mol. The molecule has 0 unspecified atom stereocenters. The van der Waals surface area contributed by atoms with Crippen molar-refractivity contribution in [2.75, 3.05) is 22.7 Å². The van der Waals surface area contributed by atoms with Crippen LogP contribution in [0.2, 0.25) is 0 Å². The number of pyridine rings is 1. The number of anilines is 2. The van der Waals surface area contributed by atoms with E-state index in [0.717, 1.165) is 38.1 Å². The molecule has 23 heavy (non-hydrogen) atoms. The van der Waals surface area contributed by atoms with Gasteiger partial charge in [-0.25, -0.2) is 22.2 Å². The Morgan fingerprint density at radius 1 is 1.13 bits per heavy atom. The van der Waals surface area contributed by atoms with Crippen molar-refractivity contribution in [3.05, 3.63) is 48.2 Å². The molecular weight excluding hydrogens is 324 g/mol. The maximum Gasteiger partial charge on any atom is 0.265 e. The highest BCUT2D eigenvalue weighted by molar-refractivity contribution is 7.92. The zero-order valence-electron chi connectivity index (χ0n) is 12.2. The second-order valence-electron chi connectivity index (χ2n) is 5.25. The van der Waals surface area contributed by atoms with E-state index in [0.29, 0.717) is 11.9 Å². The van der Waals surface area contributed by atoms with Crippen LogP contribution >= 0.6 is 0 Å². The molecule has 1 aliphatic heterocycles. The highest BCUT2D eigenvalue weighted by atomic mass is 32.2. The number of aromatic nitrogens is 1. The minimum atomic E-state index is -4.25. The zero-order chi connectivity index (χ0) is 16.4. The summed E-state index contributed by atoms with van der Waals surface area (Å²) in [6.45, 7) is 1.56. The molecule has 1 aromatic heterocycles. The molecule has 1 N–H and O–H groups in total. The largest absolute Gasteiger partial charge is 0.355 e. The summed E-state index contributed by atoms with van der Waals surface area (Å²) >= 11 is 0. The van der Waals surface area contributed by atoms with Crippen LogP contribution in [0.3, 0.4) is 0 Å². The third-order valence-corrected chi connectivity index (χ3v) is 5.00. The third kappa shape index (κ3) is 3.26. The minimum Gasteiger partial charge on any atom is -0.355 e. The Kier molecular flexibility index (Phi) is 4.16. The van der Waals surface area contributed by atoms with Crippen molar-refractivity contribution in [3.63, 3.8) is 0 Å². The number of nitrogens with zero attached hydrogens (tertiary/aromatic N) is 2. The molecule has 0 amide bonds. The van der Waals surface area contributed by atoms with Crippen molar-refractivity contribution in [2.24, 2.45) is 0 Å². The summed E-state index contributed by atoms with van der Waals surface area (Å²) in [4.78, 5) is 5.44. The van der Waals surface area contributed by atoms with E-state index in [9.17, 15) is 17.2 Å². The number of halogens is 2. The van der Waals surface area contributed by atoms with Gasteiger partial charge in [0.05, 0.1) is 5.69 Å². The molecule has 1 saturated heterocycles. The van der Waals surface area contributed by atoms with Crippen LogP contribution in [-0.4, -0.2) is 26.5 Å². The van der Waals surface area contributed by atoms with E-state index in [1.54, 1.807) is 18.3 Å². The number of rotatable bonds is 4. The molecule has 122 valence electrons. The van der Waals surface area contributed by atoms with Gasteiger partial charge in [-0.2, -0.15) is 0 Å². The molecule has 2 heterocycles. The molecule has 0 atom stereocenters. The number of sulfonamides is 1. The van der Waals surface area contributed by atoms with Crippen molar-refractivity contribution in [3.8, 4) is 0 Å². The molecule has 0 aliphatic carbocycles. The van der Waals surface area contributed by atoms with Crippen LogP contribution in [-0.2, 0) is 10.0 Å². The fourth-order valence-electron chi connectivity index (χ4n) is 2.54. The lowest BCUT2D eigenvalue weighted by Gasteiger charge is -2.20. The van der Waals surface area contributed by atoms with Gasteiger partial charge in [-0.05, 0) is 43.2 Å². The molecule has 0 spiro atoms. The lowest BCUT2D eigenvalue weighted by Crippen LogP contribution is -2.22. The number of hydrogen-bond donors (Lipinski definition) is 1. The first kappa shape index (κ1) is 15.7. The van der Waals surface area contributed by atoms with E-state index in [1.807, 2.05) is 4.90 Å². The Labute approximate surface area is 133 Å². The van der Waals surface area contributed by atoms with Crippen LogP contribution in [0.1, 0.15) is 12.8 Å². The molecule has 8 heteroatoms. The molecule has 0 bridgehead atoms. The van der Waals surface area contributed by atoms with Crippen molar-refractivity contribution in [2.45, 2.75) is 17.7 Å². The quantitative estimate of drug-likeness (QED) is 0.930. The second-order valence-corrected chi connectivity index (χ2v) is 6.90. The van der Waals surface area contributed by atoms with Crippen LogP contribution in [0.4, 0.5) is 20.3 Å². The summed E-state index contributed by atoms with van der Waals surface area (Å²) in [6.07, 6.45) is 3.57. The second kappa shape index (κ2) is 6.11. The highest BCUT2D eigenvalue weighted by Crippen LogP contribution is 2.28. The molecule has 1 aliphatic rings. The standard InChI is InChI=1S/C15H15F2N3O2S/c16-11-5-6-12(17)14(10-11)23(21,22)19-13-4-3-7-18-15(13)20-8-1-2-9-20/h3-7,10,19H,1-2,8-9H2. The Morgan fingerprint density at radius 3 is 2.61 bits per heavy atom. The number of benzene rings is 1. The Balaban J connectivity index is 1.96. The maximum absolute atomic E-state index is 13.8. The van der Waals surface area contributed by atoms with E-state index in [2.05, 4.69) is 9.71 Å². The molecule has 0 radical (unpaired) electrons. The van der Waals surface area contributed by atoms with Crippen LogP contribution in [0.25, 0.3) is 0 Å². The normalized spacial score (nSPS) is 15.0. The first-order valence-electron chi connectivity index (χ1n) is 7.15. The Bertz CT molecular complexity index is 821. The van der Waals surface area contributed by atoms with Gasteiger partial charge in [0.2, 0.25) is 0 Å². The predicted octanol–water partition coefficient (Wildman–Crippen LogP) is 2.76. The summed E-state index contributed by atoms with van der Waals surface area (Å²) in [6, 6.07) is 5.45. The van der Waals surface area contributed by atoms with Crippen LogP contribution in [0.15, 0.2) is 41.4 Å². The molecule has 0 saturated carbocycles. The molecule has 2 aromatic rings. The summed E-state index contributed by atoms with van der Waals surface area (Å²) in [7, 11) is -4.25. The first-order chi connectivity index (χ1) is 11.0. The van der Waals surface area contributed by atoms with Gasteiger partial charge in [-0.1, -0.05) is 0 Å². The topological polar surface area (TPSA) is 62.3 Å².